The Morgan fingerprint density at radius 3 is 2.58 bits per heavy atom. The maximum absolute atomic E-state index is 13.2. The van der Waals surface area contributed by atoms with E-state index in [9.17, 15) is 4.39 Å². The fourth-order valence-corrected chi connectivity index (χ4v) is 2.08. The Hall–Kier alpha value is -1.99. The van der Waals surface area contributed by atoms with E-state index >= 15 is 0 Å². The predicted molar refractivity (Wildman–Crippen MR) is 76.7 cm³/mol. The summed E-state index contributed by atoms with van der Waals surface area (Å²) >= 11 is 1.70. The number of rotatable bonds is 4. The molecule has 0 spiro atoms. The molecule has 0 amide bonds. The number of nitriles is 1. The molecule has 0 unspecified atom stereocenters. The zero-order chi connectivity index (χ0) is 13.7. The maximum atomic E-state index is 13.2. The van der Waals surface area contributed by atoms with Gasteiger partial charge in [0.1, 0.15) is 11.9 Å². The first-order valence-corrected chi connectivity index (χ1v) is 7.02. The summed E-state index contributed by atoms with van der Waals surface area (Å²) in [6, 6.07) is 14.5. The summed E-state index contributed by atoms with van der Waals surface area (Å²) in [6.45, 7) is 0.644. The fourth-order valence-electron chi connectivity index (χ4n) is 1.67. The number of nitrogens with zero attached hydrogens (tertiary/aromatic N) is 1. The number of benzene rings is 2. The van der Waals surface area contributed by atoms with E-state index in [2.05, 4.69) is 17.4 Å². The minimum atomic E-state index is -0.489. The van der Waals surface area contributed by atoms with Crippen LogP contribution in [0.1, 0.15) is 11.1 Å². The molecule has 0 radical (unpaired) electrons. The average molecular weight is 272 g/mol. The molecule has 2 nitrogen and oxygen atoms in total. The van der Waals surface area contributed by atoms with Gasteiger partial charge in [-0.2, -0.15) is 5.26 Å². The normalized spacial score (nSPS) is 9.95. The summed E-state index contributed by atoms with van der Waals surface area (Å²) in [5.74, 6) is -0.489. The number of hydrogen-bond acceptors (Lipinski definition) is 3. The Kier molecular flexibility index (Phi) is 4.43. The highest BCUT2D eigenvalue weighted by atomic mass is 32.2. The second-order valence-corrected chi connectivity index (χ2v) is 4.89. The lowest BCUT2D eigenvalue weighted by atomic mass is 10.2. The Bertz CT molecular complexity index is 603. The van der Waals surface area contributed by atoms with Gasteiger partial charge in [0.05, 0.1) is 5.56 Å². The largest absolute Gasteiger partial charge is 0.381 e. The molecule has 19 heavy (non-hydrogen) atoms. The molecule has 0 aliphatic carbocycles. The van der Waals surface area contributed by atoms with E-state index in [1.165, 1.54) is 17.0 Å². The smallest absolute Gasteiger partial charge is 0.141 e. The van der Waals surface area contributed by atoms with Gasteiger partial charge in [0.25, 0.3) is 0 Å². The molecule has 0 heterocycles. The van der Waals surface area contributed by atoms with Crippen molar-refractivity contribution in [3.05, 3.63) is 59.4 Å². The molecular formula is C15H13FN2S. The highest BCUT2D eigenvalue weighted by Gasteiger charge is 2.02. The van der Waals surface area contributed by atoms with Gasteiger partial charge >= 0.3 is 0 Å². The van der Waals surface area contributed by atoms with Crippen molar-refractivity contribution in [1.82, 2.24) is 0 Å². The molecular weight excluding hydrogens is 259 g/mol. The first-order valence-electron chi connectivity index (χ1n) is 5.79. The van der Waals surface area contributed by atoms with Crippen molar-refractivity contribution in [1.29, 1.82) is 5.26 Å². The van der Waals surface area contributed by atoms with E-state index in [4.69, 9.17) is 5.26 Å². The van der Waals surface area contributed by atoms with Crippen LogP contribution in [0.25, 0.3) is 0 Å². The molecule has 4 heteroatoms. The van der Waals surface area contributed by atoms with E-state index < -0.39 is 5.82 Å². The van der Waals surface area contributed by atoms with E-state index in [1.54, 1.807) is 17.8 Å². The summed E-state index contributed by atoms with van der Waals surface area (Å²) in [7, 11) is 0. The lowest BCUT2D eigenvalue weighted by Crippen LogP contribution is -2.00. The van der Waals surface area contributed by atoms with Crippen molar-refractivity contribution in [2.24, 2.45) is 0 Å². The lowest BCUT2D eigenvalue weighted by Gasteiger charge is -2.07. The average Bonchev–Trinajstić information content (AvgIpc) is 2.47. The standard InChI is InChI=1S/C15H13FN2S/c1-19-14-5-2-11(3-6-14)10-18-13-4-7-15(16)12(8-13)9-17/h2-8,18H,10H2,1H3. The Balaban J connectivity index is 2.04. The van der Waals surface area contributed by atoms with Crippen molar-refractivity contribution < 1.29 is 4.39 Å². The predicted octanol–water partition coefficient (Wildman–Crippen LogP) is 4.03. The Labute approximate surface area is 116 Å². The molecule has 1 N–H and O–H groups in total. The third-order valence-electron chi connectivity index (χ3n) is 2.74. The number of halogens is 1. The van der Waals surface area contributed by atoms with Gasteiger partial charge in [-0.1, -0.05) is 12.1 Å². The van der Waals surface area contributed by atoms with Crippen LogP contribution >= 0.6 is 11.8 Å². The van der Waals surface area contributed by atoms with Crippen LogP contribution in [0.15, 0.2) is 47.4 Å². The van der Waals surface area contributed by atoms with Crippen LogP contribution in [-0.2, 0) is 6.54 Å². The van der Waals surface area contributed by atoms with Gasteiger partial charge in [-0.25, -0.2) is 4.39 Å². The fraction of sp³-hybridized carbons (Fsp3) is 0.133. The SMILES string of the molecule is CSc1ccc(CNc2ccc(F)c(C#N)c2)cc1. The quantitative estimate of drug-likeness (QED) is 0.853. The van der Waals surface area contributed by atoms with Crippen molar-refractivity contribution in [3.8, 4) is 6.07 Å². The number of thioether (sulfide) groups is 1. The van der Waals surface area contributed by atoms with Crippen LogP contribution in [0.2, 0.25) is 0 Å². The second-order valence-electron chi connectivity index (χ2n) is 4.01. The van der Waals surface area contributed by atoms with Gasteiger partial charge in [0.15, 0.2) is 0 Å². The molecule has 0 bridgehead atoms. The van der Waals surface area contributed by atoms with Crippen molar-refractivity contribution in [2.75, 3.05) is 11.6 Å². The van der Waals surface area contributed by atoms with Gasteiger partial charge < -0.3 is 5.32 Å². The topological polar surface area (TPSA) is 35.8 Å². The molecule has 0 aromatic heterocycles. The third-order valence-corrected chi connectivity index (χ3v) is 3.49. The van der Waals surface area contributed by atoms with Crippen molar-refractivity contribution >= 4 is 17.4 Å². The van der Waals surface area contributed by atoms with Gasteiger partial charge in [0, 0.05) is 17.1 Å². The van der Waals surface area contributed by atoms with E-state index in [0.29, 0.717) is 6.54 Å². The number of anilines is 1. The molecule has 0 saturated carbocycles. The van der Waals surface area contributed by atoms with Crippen molar-refractivity contribution in [3.63, 3.8) is 0 Å². The minimum Gasteiger partial charge on any atom is -0.381 e. The summed E-state index contributed by atoms with van der Waals surface area (Å²) in [4.78, 5) is 1.22. The van der Waals surface area contributed by atoms with Gasteiger partial charge in [-0.05, 0) is 42.2 Å². The lowest BCUT2D eigenvalue weighted by molar-refractivity contribution is 0.624. The molecule has 2 aromatic carbocycles. The van der Waals surface area contributed by atoms with Crippen LogP contribution in [0, 0.1) is 17.1 Å². The van der Waals surface area contributed by atoms with Crippen LogP contribution in [0.4, 0.5) is 10.1 Å². The molecule has 0 atom stereocenters. The van der Waals surface area contributed by atoms with E-state index in [-0.39, 0.29) is 5.56 Å². The summed E-state index contributed by atoms with van der Waals surface area (Å²) in [5, 5.41) is 11.9. The minimum absolute atomic E-state index is 0.0581. The highest BCUT2D eigenvalue weighted by molar-refractivity contribution is 7.98. The zero-order valence-corrected chi connectivity index (χ0v) is 11.3. The number of nitrogens with one attached hydrogen (secondary N) is 1. The zero-order valence-electron chi connectivity index (χ0n) is 10.5. The molecule has 0 aliphatic heterocycles. The first-order chi connectivity index (χ1) is 9.22. The molecule has 2 rings (SSSR count). The van der Waals surface area contributed by atoms with Gasteiger partial charge in [-0.3, -0.25) is 0 Å². The van der Waals surface area contributed by atoms with Crippen LogP contribution in [0.5, 0.6) is 0 Å². The summed E-state index contributed by atoms with van der Waals surface area (Å²) < 4.78 is 13.2. The molecule has 0 saturated heterocycles. The molecule has 0 aliphatic rings. The van der Waals surface area contributed by atoms with Crippen LogP contribution in [0.3, 0.4) is 0 Å². The van der Waals surface area contributed by atoms with Crippen LogP contribution in [-0.4, -0.2) is 6.26 Å². The Morgan fingerprint density at radius 2 is 1.95 bits per heavy atom. The van der Waals surface area contributed by atoms with Crippen molar-refractivity contribution in [2.45, 2.75) is 11.4 Å². The summed E-state index contributed by atoms with van der Waals surface area (Å²) in [5.41, 5.74) is 1.94. The molecule has 0 fully saturated rings. The monoisotopic (exact) mass is 272 g/mol. The first kappa shape index (κ1) is 13.4. The highest BCUT2D eigenvalue weighted by Crippen LogP contribution is 2.17. The van der Waals surface area contributed by atoms with Crippen LogP contribution < -0.4 is 5.32 Å². The molecule has 2 aromatic rings. The second kappa shape index (κ2) is 6.26. The Morgan fingerprint density at radius 1 is 1.21 bits per heavy atom. The number of hydrogen-bond donors (Lipinski definition) is 1. The third kappa shape index (κ3) is 3.49. The van der Waals surface area contributed by atoms with Gasteiger partial charge in [0.2, 0.25) is 0 Å². The van der Waals surface area contributed by atoms with Gasteiger partial charge in [-0.15, -0.1) is 11.8 Å². The summed E-state index contributed by atoms with van der Waals surface area (Å²) in [6.07, 6.45) is 2.04. The molecule has 96 valence electrons. The van der Waals surface area contributed by atoms with E-state index in [1.807, 2.05) is 24.5 Å². The maximum Gasteiger partial charge on any atom is 0.141 e. The van der Waals surface area contributed by atoms with E-state index in [0.717, 1.165) is 11.3 Å².